The van der Waals surface area contributed by atoms with E-state index in [1.54, 1.807) is 0 Å². The first-order valence-corrected chi connectivity index (χ1v) is 10.1. The van der Waals surface area contributed by atoms with Gasteiger partial charge in [-0.05, 0) is 36.5 Å². The molecule has 2 aromatic rings. The van der Waals surface area contributed by atoms with E-state index in [9.17, 15) is 4.79 Å². The van der Waals surface area contributed by atoms with Crippen LogP contribution in [0, 0.1) is 0 Å². The van der Waals surface area contributed by atoms with Crippen LogP contribution in [0.5, 0.6) is 0 Å². The van der Waals surface area contributed by atoms with Crippen LogP contribution >= 0.6 is 11.5 Å². The third-order valence-electron chi connectivity index (χ3n) is 5.81. The predicted molar refractivity (Wildman–Crippen MR) is 99.1 cm³/mol. The van der Waals surface area contributed by atoms with E-state index in [1.165, 1.54) is 16.4 Å². The van der Waals surface area contributed by atoms with E-state index in [4.69, 9.17) is 0 Å². The van der Waals surface area contributed by atoms with Crippen LogP contribution in [0.4, 0.5) is 5.82 Å². The quantitative estimate of drug-likeness (QED) is 0.812. The maximum absolute atomic E-state index is 13.0. The van der Waals surface area contributed by atoms with Crippen molar-refractivity contribution >= 4 is 23.3 Å². The summed E-state index contributed by atoms with van der Waals surface area (Å²) in [5.74, 6) is 1.29. The van der Waals surface area contributed by atoms with Crippen LogP contribution in [-0.2, 0) is 11.2 Å². The summed E-state index contributed by atoms with van der Waals surface area (Å²) < 4.78 is 4.10. The number of aromatic nitrogens is 3. The summed E-state index contributed by atoms with van der Waals surface area (Å²) in [5, 5.41) is 4.25. The van der Waals surface area contributed by atoms with Gasteiger partial charge >= 0.3 is 0 Å². The molecule has 3 aliphatic rings. The standard InChI is InChI=1S/C18H22N6OS/c25-17(24-13-4-5-15(24)18-14(11-13)20-21-26-18)12-22-7-9-23(10-8-22)16-3-1-2-6-19-16/h1-3,6,13,15H,4-5,7-12H2/t13-,15-/m0/s1. The van der Waals surface area contributed by atoms with Crippen molar-refractivity contribution in [2.24, 2.45) is 0 Å². The number of anilines is 1. The molecule has 2 fully saturated rings. The van der Waals surface area contributed by atoms with Crippen molar-refractivity contribution in [2.45, 2.75) is 31.3 Å². The fourth-order valence-corrected chi connectivity index (χ4v) is 5.31. The van der Waals surface area contributed by atoms with Gasteiger partial charge in [0.25, 0.3) is 0 Å². The molecule has 0 N–H and O–H groups in total. The Bertz CT molecular complexity index is 788. The number of hydrogen-bond acceptors (Lipinski definition) is 7. The maximum atomic E-state index is 13.0. The molecular formula is C18H22N6OS. The number of hydrogen-bond donors (Lipinski definition) is 0. The Labute approximate surface area is 156 Å². The minimum Gasteiger partial charge on any atom is -0.354 e. The van der Waals surface area contributed by atoms with Gasteiger partial charge < -0.3 is 9.80 Å². The Hall–Kier alpha value is -2.06. The van der Waals surface area contributed by atoms with Crippen molar-refractivity contribution in [1.82, 2.24) is 24.4 Å². The molecule has 0 aliphatic carbocycles. The lowest BCUT2D eigenvalue weighted by Crippen LogP contribution is -2.52. The second kappa shape index (κ2) is 6.59. The van der Waals surface area contributed by atoms with Gasteiger partial charge in [-0.25, -0.2) is 4.98 Å². The van der Waals surface area contributed by atoms with Crippen LogP contribution in [0.3, 0.4) is 0 Å². The summed E-state index contributed by atoms with van der Waals surface area (Å²) in [6, 6.07) is 6.54. The van der Waals surface area contributed by atoms with Gasteiger partial charge in [-0.1, -0.05) is 10.6 Å². The molecule has 136 valence electrons. The minimum absolute atomic E-state index is 0.214. The van der Waals surface area contributed by atoms with E-state index in [2.05, 4.69) is 29.3 Å². The van der Waals surface area contributed by atoms with Crippen LogP contribution in [0.1, 0.15) is 29.5 Å². The summed E-state index contributed by atoms with van der Waals surface area (Å²) in [7, 11) is 0. The molecule has 1 amide bonds. The molecule has 5 heterocycles. The number of piperazine rings is 1. The van der Waals surface area contributed by atoms with Gasteiger partial charge in [-0.2, -0.15) is 0 Å². The predicted octanol–water partition coefficient (Wildman–Crippen LogP) is 1.34. The molecule has 0 radical (unpaired) electrons. The Morgan fingerprint density at radius 2 is 2.08 bits per heavy atom. The van der Waals surface area contributed by atoms with E-state index in [0.717, 1.165) is 57.0 Å². The Morgan fingerprint density at radius 3 is 2.88 bits per heavy atom. The lowest BCUT2D eigenvalue weighted by Gasteiger charge is -2.38. The summed E-state index contributed by atoms with van der Waals surface area (Å²) in [6.07, 6.45) is 4.86. The zero-order chi connectivity index (χ0) is 17.5. The molecular weight excluding hydrogens is 348 g/mol. The van der Waals surface area contributed by atoms with Crippen LogP contribution in [-0.4, -0.2) is 69.0 Å². The van der Waals surface area contributed by atoms with Crippen LogP contribution in [0.25, 0.3) is 0 Å². The number of carbonyl (C=O) groups excluding carboxylic acids is 1. The second-order valence-corrected chi connectivity index (χ2v) is 8.07. The molecule has 2 bridgehead atoms. The van der Waals surface area contributed by atoms with E-state index in [0.29, 0.717) is 12.6 Å². The molecule has 5 rings (SSSR count). The normalized spacial score (nSPS) is 25.4. The van der Waals surface area contributed by atoms with Crippen LogP contribution in [0.2, 0.25) is 0 Å². The van der Waals surface area contributed by atoms with Crippen LogP contribution in [0.15, 0.2) is 24.4 Å². The first-order chi connectivity index (χ1) is 12.8. The molecule has 2 aromatic heterocycles. The van der Waals surface area contributed by atoms with Crippen molar-refractivity contribution in [3.63, 3.8) is 0 Å². The fraction of sp³-hybridized carbons (Fsp3) is 0.556. The van der Waals surface area contributed by atoms with Crippen molar-refractivity contribution < 1.29 is 4.79 Å². The average Bonchev–Trinajstić information content (AvgIpc) is 3.28. The fourth-order valence-electron chi connectivity index (χ4n) is 4.50. The summed E-state index contributed by atoms with van der Waals surface area (Å²) in [4.78, 5) is 25.4. The number of rotatable bonds is 3. The van der Waals surface area contributed by atoms with Crippen molar-refractivity contribution in [2.75, 3.05) is 37.6 Å². The highest BCUT2D eigenvalue weighted by Crippen LogP contribution is 2.44. The highest BCUT2D eigenvalue weighted by atomic mass is 32.1. The zero-order valence-electron chi connectivity index (χ0n) is 14.6. The smallest absolute Gasteiger partial charge is 0.237 e. The first kappa shape index (κ1) is 16.1. The lowest BCUT2D eigenvalue weighted by atomic mass is 10.1. The third kappa shape index (κ3) is 2.77. The number of fused-ring (bicyclic) bond motifs is 4. The lowest BCUT2D eigenvalue weighted by molar-refractivity contribution is -0.136. The first-order valence-electron chi connectivity index (χ1n) is 9.30. The molecule has 26 heavy (non-hydrogen) atoms. The summed E-state index contributed by atoms with van der Waals surface area (Å²) >= 11 is 1.47. The third-order valence-corrected chi connectivity index (χ3v) is 6.68. The molecule has 0 aromatic carbocycles. The van der Waals surface area contributed by atoms with Gasteiger partial charge in [0, 0.05) is 44.8 Å². The molecule has 2 atom stereocenters. The summed E-state index contributed by atoms with van der Waals surface area (Å²) in [6.45, 7) is 4.16. The van der Waals surface area contributed by atoms with Gasteiger partial charge in [0.2, 0.25) is 5.91 Å². The van der Waals surface area contributed by atoms with E-state index < -0.39 is 0 Å². The van der Waals surface area contributed by atoms with Crippen molar-refractivity contribution in [3.8, 4) is 0 Å². The Balaban J connectivity index is 1.21. The molecule has 8 heteroatoms. The minimum atomic E-state index is 0.214. The number of carbonyl (C=O) groups is 1. The van der Waals surface area contributed by atoms with Crippen molar-refractivity contribution in [3.05, 3.63) is 35.0 Å². The average molecular weight is 370 g/mol. The van der Waals surface area contributed by atoms with Gasteiger partial charge in [0.1, 0.15) is 5.82 Å². The van der Waals surface area contributed by atoms with E-state index >= 15 is 0 Å². The van der Waals surface area contributed by atoms with Crippen LogP contribution < -0.4 is 4.90 Å². The second-order valence-electron chi connectivity index (χ2n) is 7.29. The highest BCUT2D eigenvalue weighted by molar-refractivity contribution is 7.05. The molecule has 0 saturated carbocycles. The van der Waals surface area contributed by atoms with Gasteiger partial charge in [0.05, 0.1) is 23.2 Å². The van der Waals surface area contributed by atoms with Gasteiger partial charge in [0.15, 0.2) is 0 Å². The molecule has 3 aliphatic heterocycles. The molecule has 0 spiro atoms. The largest absolute Gasteiger partial charge is 0.354 e. The van der Waals surface area contributed by atoms with E-state index in [1.807, 2.05) is 24.4 Å². The Morgan fingerprint density at radius 1 is 1.19 bits per heavy atom. The van der Waals surface area contributed by atoms with Gasteiger partial charge in [-0.15, -0.1) is 5.10 Å². The van der Waals surface area contributed by atoms with Crippen molar-refractivity contribution in [1.29, 1.82) is 0 Å². The maximum Gasteiger partial charge on any atom is 0.237 e. The topological polar surface area (TPSA) is 65.5 Å². The monoisotopic (exact) mass is 370 g/mol. The number of amides is 1. The molecule has 0 unspecified atom stereocenters. The van der Waals surface area contributed by atoms with E-state index in [-0.39, 0.29) is 11.9 Å². The SMILES string of the molecule is O=C(CN1CCN(c2ccccn2)CC1)N1[C@H]2CC[C@H]1c1snnc1C2. The summed E-state index contributed by atoms with van der Waals surface area (Å²) in [5.41, 5.74) is 1.12. The molecule has 7 nitrogen and oxygen atoms in total. The zero-order valence-corrected chi connectivity index (χ0v) is 15.4. The highest BCUT2D eigenvalue weighted by Gasteiger charge is 2.44. The molecule has 2 saturated heterocycles. The number of nitrogens with zero attached hydrogens (tertiary/aromatic N) is 6. The van der Waals surface area contributed by atoms with Gasteiger partial charge in [-0.3, -0.25) is 9.69 Å². The number of pyridine rings is 1. The Kier molecular flexibility index (Phi) is 4.09.